The average Bonchev–Trinajstić information content (AvgIpc) is 2.68. The first-order chi connectivity index (χ1) is 12.2. The van der Waals surface area contributed by atoms with Crippen molar-refractivity contribution in [3.05, 3.63) is 107 Å². The van der Waals surface area contributed by atoms with Crippen LogP contribution in [0.1, 0.15) is 29.5 Å². The number of aryl methyl sites for hydroxylation is 1. The van der Waals surface area contributed by atoms with Gasteiger partial charge in [0.2, 0.25) is 0 Å². The van der Waals surface area contributed by atoms with Crippen molar-refractivity contribution in [2.24, 2.45) is 0 Å². The van der Waals surface area contributed by atoms with Gasteiger partial charge in [-0.1, -0.05) is 84.4 Å². The van der Waals surface area contributed by atoms with Crippen LogP contribution in [0.15, 0.2) is 84.9 Å². The highest BCUT2D eigenvalue weighted by Gasteiger charge is 2.33. The van der Waals surface area contributed by atoms with Gasteiger partial charge in [0.15, 0.2) is 0 Å². The summed E-state index contributed by atoms with van der Waals surface area (Å²) >= 11 is 5.96. The lowest BCUT2D eigenvalue weighted by Crippen LogP contribution is -2.26. The van der Waals surface area contributed by atoms with Crippen molar-refractivity contribution >= 4 is 11.6 Å². The molecule has 0 aromatic heterocycles. The van der Waals surface area contributed by atoms with Gasteiger partial charge in [0.25, 0.3) is 0 Å². The van der Waals surface area contributed by atoms with E-state index in [1.807, 2.05) is 48.5 Å². The fourth-order valence-corrected chi connectivity index (χ4v) is 3.42. The van der Waals surface area contributed by atoms with Gasteiger partial charge in [0, 0.05) is 5.02 Å². The van der Waals surface area contributed by atoms with Crippen LogP contribution in [0.5, 0.6) is 0 Å². The Morgan fingerprint density at radius 1 is 0.760 bits per heavy atom. The van der Waals surface area contributed by atoms with Crippen molar-refractivity contribution in [3.8, 4) is 6.07 Å². The van der Waals surface area contributed by atoms with E-state index in [2.05, 4.69) is 42.5 Å². The summed E-state index contributed by atoms with van der Waals surface area (Å²) in [7, 11) is 0. The molecule has 3 aromatic carbocycles. The molecule has 0 atom stereocenters. The molecule has 2 heteroatoms. The quantitative estimate of drug-likeness (QED) is 0.523. The predicted molar refractivity (Wildman–Crippen MR) is 104 cm³/mol. The molecule has 0 amide bonds. The summed E-state index contributed by atoms with van der Waals surface area (Å²) in [6.45, 7) is 0. The molecule has 3 rings (SSSR count). The molecule has 124 valence electrons. The molecule has 0 heterocycles. The van der Waals surface area contributed by atoms with Gasteiger partial charge in [-0.05, 0) is 48.1 Å². The van der Waals surface area contributed by atoms with E-state index < -0.39 is 5.41 Å². The van der Waals surface area contributed by atoms with Gasteiger partial charge in [-0.25, -0.2) is 0 Å². The summed E-state index contributed by atoms with van der Waals surface area (Å²) in [4.78, 5) is 0. The van der Waals surface area contributed by atoms with E-state index >= 15 is 0 Å². The van der Waals surface area contributed by atoms with Crippen LogP contribution in [-0.2, 0) is 11.8 Å². The summed E-state index contributed by atoms with van der Waals surface area (Å²) in [5, 5.41) is 10.9. The molecule has 0 aliphatic heterocycles. The molecule has 0 saturated heterocycles. The number of hydrogen-bond donors (Lipinski definition) is 0. The lowest BCUT2D eigenvalue weighted by molar-refractivity contribution is 0.561. The van der Waals surface area contributed by atoms with Crippen molar-refractivity contribution in [1.29, 1.82) is 5.26 Å². The van der Waals surface area contributed by atoms with Crippen molar-refractivity contribution < 1.29 is 0 Å². The minimum atomic E-state index is -0.616. The Morgan fingerprint density at radius 2 is 1.28 bits per heavy atom. The normalized spacial score (nSPS) is 11.0. The summed E-state index contributed by atoms with van der Waals surface area (Å²) in [6.07, 6.45) is 2.64. The second-order valence-corrected chi connectivity index (χ2v) is 6.67. The Labute approximate surface area is 154 Å². The van der Waals surface area contributed by atoms with E-state index in [4.69, 9.17) is 11.6 Å². The number of rotatable bonds is 6. The molecule has 0 aliphatic carbocycles. The number of hydrogen-bond acceptors (Lipinski definition) is 1. The zero-order chi connectivity index (χ0) is 17.5. The SMILES string of the molecule is N#CC(CCCc1ccc(Cl)cc1)(c1ccccc1)c1ccccc1. The largest absolute Gasteiger partial charge is 0.197 e. The van der Waals surface area contributed by atoms with Crippen LogP contribution in [-0.4, -0.2) is 0 Å². The van der Waals surface area contributed by atoms with E-state index in [-0.39, 0.29) is 0 Å². The van der Waals surface area contributed by atoms with E-state index in [1.54, 1.807) is 0 Å². The zero-order valence-corrected chi connectivity index (χ0v) is 14.8. The first kappa shape index (κ1) is 17.3. The molecule has 0 N–H and O–H groups in total. The molecule has 0 fully saturated rings. The summed E-state index contributed by atoms with van der Waals surface area (Å²) in [5.41, 5.74) is 2.74. The summed E-state index contributed by atoms with van der Waals surface area (Å²) in [5.74, 6) is 0. The lowest BCUT2D eigenvalue weighted by Gasteiger charge is -2.28. The van der Waals surface area contributed by atoms with Crippen LogP contribution in [0.4, 0.5) is 0 Å². The Morgan fingerprint density at radius 3 is 1.76 bits per heavy atom. The lowest BCUT2D eigenvalue weighted by atomic mass is 9.72. The minimum Gasteiger partial charge on any atom is -0.197 e. The maximum atomic E-state index is 10.1. The maximum absolute atomic E-state index is 10.1. The molecule has 3 aromatic rings. The van der Waals surface area contributed by atoms with Crippen molar-refractivity contribution in [1.82, 2.24) is 0 Å². The Balaban J connectivity index is 1.87. The van der Waals surface area contributed by atoms with Crippen molar-refractivity contribution in [3.63, 3.8) is 0 Å². The smallest absolute Gasteiger partial charge is 0.107 e. The first-order valence-electron chi connectivity index (χ1n) is 8.51. The summed E-state index contributed by atoms with van der Waals surface area (Å²) in [6, 6.07) is 30.8. The van der Waals surface area contributed by atoms with E-state index in [0.717, 1.165) is 35.4 Å². The van der Waals surface area contributed by atoms with Gasteiger partial charge in [-0.15, -0.1) is 0 Å². The molecule has 0 unspecified atom stereocenters. The van der Waals surface area contributed by atoms with Gasteiger partial charge in [0.05, 0.1) is 6.07 Å². The third-order valence-electron chi connectivity index (χ3n) is 4.65. The highest BCUT2D eigenvalue weighted by Crippen LogP contribution is 2.36. The Hall–Kier alpha value is -2.56. The van der Waals surface area contributed by atoms with Crippen LogP contribution in [0, 0.1) is 11.3 Å². The van der Waals surface area contributed by atoms with Gasteiger partial charge in [0.1, 0.15) is 5.41 Å². The van der Waals surface area contributed by atoms with Gasteiger partial charge < -0.3 is 0 Å². The highest BCUT2D eigenvalue weighted by atomic mass is 35.5. The average molecular weight is 346 g/mol. The molecule has 0 radical (unpaired) electrons. The van der Waals surface area contributed by atoms with E-state index in [1.165, 1.54) is 5.56 Å². The van der Waals surface area contributed by atoms with Gasteiger partial charge in [-0.3, -0.25) is 0 Å². The van der Waals surface area contributed by atoms with Crippen molar-refractivity contribution in [2.75, 3.05) is 0 Å². The second-order valence-electron chi connectivity index (χ2n) is 6.23. The van der Waals surface area contributed by atoms with Crippen LogP contribution >= 0.6 is 11.6 Å². The number of halogens is 1. The number of nitriles is 1. The van der Waals surface area contributed by atoms with Crippen LogP contribution in [0.3, 0.4) is 0 Å². The van der Waals surface area contributed by atoms with Gasteiger partial charge in [-0.2, -0.15) is 5.26 Å². The molecule has 0 bridgehead atoms. The second kappa shape index (κ2) is 8.01. The number of benzene rings is 3. The van der Waals surface area contributed by atoms with Crippen LogP contribution < -0.4 is 0 Å². The predicted octanol–water partition coefficient (Wildman–Crippen LogP) is 6.17. The monoisotopic (exact) mass is 345 g/mol. The molecule has 0 spiro atoms. The van der Waals surface area contributed by atoms with E-state index in [0.29, 0.717) is 0 Å². The highest BCUT2D eigenvalue weighted by molar-refractivity contribution is 6.30. The molecular weight excluding hydrogens is 326 g/mol. The van der Waals surface area contributed by atoms with Crippen LogP contribution in [0.2, 0.25) is 5.02 Å². The fourth-order valence-electron chi connectivity index (χ4n) is 3.29. The van der Waals surface area contributed by atoms with Crippen molar-refractivity contribution in [2.45, 2.75) is 24.7 Å². The fraction of sp³-hybridized carbons (Fsp3) is 0.174. The first-order valence-corrected chi connectivity index (χ1v) is 8.89. The maximum Gasteiger partial charge on any atom is 0.107 e. The van der Waals surface area contributed by atoms with Gasteiger partial charge >= 0.3 is 0 Å². The molecule has 0 saturated carbocycles. The third-order valence-corrected chi connectivity index (χ3v) is 4.91. The molecule has 1 nitrogen and oxygen atoms in total. The summed E-state index contributed by atoms with van der Waals surface area (Å²) < 4.78 is 0. The Bertz CT molecular complexity index is 793. The third kappa shape index (κ3) is 3.92. The molecular formula is C23H20ClN. The molecule has 25 heavy (non-hydrogen) atoms. The van der Waals surface area contributed by atoms with E-state index in [9.17, 15) is 5.26 Å². The Kier molecular flexibility index (Phi) is 5.53. The van der Waals surface area contributed by atoms with Crippen LogP contribution in [0.25, 0.3) is 0 Å². The minimum absolute atomic E-state index is 0.616. The zero-order valence-electron chi connectivity index (χ0n) is 14.0. The standard InChI is InChI=1S/C23H20ClN/c24-22-15-13-19(14-16-22)8-7-17-23(18-25,20-9-3-1-4-10-20)21-11-5-2-6-12-21/h1-6,9-16H,7-8,17H2. The topological polar surface area (TPSA) is 23.8 Å². The molecule has 0 aliphatic rings. The number of nitrogens with zero attached hydrogens (tertiary/aromatic N) is 1.